The Labute approximate surface area is 325 Å². The average Bonchev–Trinajstić information content (AvgIpc) is 3.73. The number of terminal acetylenes is 1. The maximum absolute atomic E-state index is 17.8. The van der Waals surface area contributed by atoms with Crippen LogP contribution in [0.4, 0.5) is 27.8 Å². The van der Waals surface area contributed by atoms with E-state index in [0.29, 0.717) is 41.4 Å². The minimum Gasteiger partial charge on any atom is -0.508 e. The SMILES string of the molecule is C#Cc1c(F)ccc2cc(O)cc(-c3c(F)c4nc(OCC5(CN6CC(O)(C(F)(F)F)C6)CC5)nc(N5[C@@H]6CC[C@H]5CN(CCCOC)C6)c4c4cn(C)nc34)c12. The van der Waals surface area contributed by atoms with Crippen LogP contribution >= 0.6 is 0 Å². The number of halogens is 5. The molecule has 4 fully saturated rings. The summed E-state index contributed by atoms with van der Waals surface area (Å²) in [5, 5.41) is 27.2. The van der Waals surface area contributed by atoms with Gasteiger partial charge in [-0.15, -0.1) is 6.42 Å². The van der Waals surface area contributed by atoms with Crippen molar-refractivity contribution in [2.24, 2.45) is 12.5 Å². The number of alkyl halides is 3. The highest BCUT2D eigenvalue weighted by atomic mass is 19.4. The highest BCUT2D eigenvalue weighted by Crippen LogP contribution is 2.50. The quantitative estimate of drug-likeness (QED) is 0.0974. The van der Waals surface area contributed by atoms with Gasteiger partial charge in [0.25, 0.3) is 0 Å². The maximum Gasteiger partial charge on any atom is 0.419 e. The molecule has 9 rings (SSSR count). The van der Waals surface area contributed by atoms with Gasteiger partial charge in [-0.2, -0.15) is 28.2 Å². The Morgan fingerprint density at radius 3 is 2.42 bits per heavy atom. The third-order valence-corrected chi connectivity index (χ3v) is 12.2. The molecule has 1 saturated carbocycles. The fourth-order valence-corrected chi connectivity index (χ4v) is 9.33. The van der Waals surface area contributed by atoms with E-state index in [-0.39, 0.29) is 70.1 Å². The second-order valence-corrected chi connectivity index (χ2v) is 16.3. The highest BCUT2D eigenvalue weighted by Gasteiger charge is 2.62. The summed E-state index contributed by atoms with van der Waals surface area (Å²) in [5.41, 5.74) is -3.01. The largest absolute Gasteiger partial charge is 0.508 e. The standard InChI is InChI=1S/C41H42F5N7O4/c1-4-27-30(42)9-6-23-14-26(54)15-28(31(23)27)32-34(43)36-33(29-18-50(2)49-35(29)32)37(53-24-7-8-25(53)17-51(16-24)12-5-13-56-3)48-38(47-36)57-22-39(10-11-39)19-52-20-40(55,21-52)41(44,45)46/h1,6,9,14-15,18,24-25,54-55H,5,7-8,10-13,16-17,19-22H2,2-3H3/t24-,25+. The Kier molecular flexibility index (Phi) is 9.04. The highest BCUT2D eigenvalue weighted by molar-refractivity contribution is 6.18. The molecule has 0 radical (unpaired) electrons. The van der Waals surface area contributed by atoms with E-state index in [0.717, 1.165) is 38.9 Å². The number of hydrogen-bond acceptors (Lipinski definition) is 10. The number of benzene rings is 3. The van der Waals surface area contributed by atoms with Gasteiger partial charge in [0, 0.05) is 100 Å². The van der Waals surface area contributed by atoms with Gasteiger partial charge in [-0.05, 0) is 61.3 Å². The van der Waals surface area contributed by atoms with Crippen LogP contribution < -0.4 is 9.64 Å². The Morgan fingerprint density at radius 1 is 1.02 bits per heavy atom. The molecule has 3 aliphatic heterocycles. The first kappa shape index (κ1) is 37.7. The first-order valence-corrected chi connectivity index (χ1v) is 19.1. The van der Waals surface area contributed by atoms with Gasteiger partial charge in [-0.1, -0.05) is 12.0 Å². The van der Waals surface area contributed by atoms with Crippen LogP contribution in [0.25, 0.3) is 43.7 Å². The molecule has 16 heteroatoms. The molecule has 0 unspecified atom stereocenters. The number of hydrogen-bond donors (Lipinski definition) is 2. The lowest BCUT2D eigenvalue weighted by molar-refractivity contribution is -0.302. The van der Waals surface area contributed by atoms with Crippen molar-refractivity contribution in [1.29, 1.82) is 0 Å². The molecular formula is C41H42F5N7O4. The molecule has 0 amide bonds. The molecule has 11 nitrogen and oxygen atoms in total. The molecular weight excluding hydrogens is 749 g/mol. The minimum atomic E-state index is -4.72. The van der Waals surface area contributed by atoms with Crippen LogP contribution in [0, 0.1) is 29.4 Å². The van der Waals surface area contributed by atoms with Crippen molar-refractivity contribution < 1.29 is 41.6 Å². The van der Waals surface area contributed by atoms with Gasteiger partial charge in [0.05, 0.1) is 17.6 Å². The van der Waals surface area contributed by atoms with E-state index >= 15 is 8.78 Å². The summed E-state index contributed by atoms with van der Waals surface area (Å²) in [5.74, 6) is 1.24. The van der Waals surface area contributed by atoms with E-state index in [1.165, 1.54) is 24.3 Å². The number of nitrogens with zero attached hydrogens (tertiary/aromatic N) is 7. The Morgan fingerprint density at radius 2 is 1.75 bits per heavy atom. The van der Waals surface area contributed by atoms with Gasteiger partial charge < -0.3 is 24.6 Å². The van der Waals surface area contributed by atoms with E-state index in [1.54, 1.807) is 29.9 Å². The van der Waals surface area contributed by atoms with Crippen molar-refractivity contribution in [2.75, 3.05) is 64.5 Å². The number of rotatable bonds is 11. The number of phenolic OH excluding ortho intramolecular Hbond substituents is 1. The number of aromatic nitrogens is 4. The number of methoxy groups -OCH3 is 1. The van der Waals surface area contributed by atoms with Crippen LogP contribution in [-0.4, -0.2) is 123 Å². The van der Waals surface area contributed by atoms with E-state index in [4.69, 9.17) is 31.0 Å². The van der Waals surface area contributed by atoms with Gasteiger partial charge in [-0.3, -0.25) is 14.5 Å². The van der Waals surface area contributed by atoms with Crippen molar-refractivity contribution in [3.63, 3.8) is 0 Å². The number of aryl methyl sites for hydroxylation is 1. The summed E-state index contributed by atoms with van der Waals surface area (Å²) in [6.07, 6.45) is 6.91. The van der Waals surface area contributed by atoms with Crippen LogP contribution in [0.15, 0.2) is 30.5 Å². The summed E-state index contributed by atoms with van der Waals surface area (Å²) in [4.78, 5) is 15.9. The van der Waals surface area contributed by atoms with Crippen molar-refractivity contribution in [3.05, 3.63) is 47.7 Å². The molecule has 4 aliphatic rings. The van der Waals surface area contributed by atoms with Crippen LogP contribution in [0.1, 0.15) is 37.7 Å². The van der Waals surface area contributed by atoms with Crippen LogP contribution in [0.5, 0.6) is 11.8 Å². The first-order chi connectivity index (χ1) is 27.2. The molecule has 2 aromatic heterocycles. The Balaban J connectivity index is 1.17. The Bertz CT molecular complexity index is 2440. The lowest BCUT2D eigenvalue weighted by Gasteiger charge is -2.48. The van der Waals surface area contributed by atoms with E-state index in [1.807, 2.05) is 0 Å². The molecule has 5 aromatic rings. The molecule has 2 N–H and O–H groups in total. The lowest BCUT2D eigenvalue weighted by Crippen LogP contribution is -2.69. The number of β-amino-alcohol motifs (C(OH)–C–C–N with tert-alkyl or cyclic N) is 1. The van der Waals surface area contributed by atoms with E-state index < -0.39 is 41.9 Å². The third kappa shape index (κ3) is 6.39. The number of aliphatic hydroxyl groups is 1. The van der Waals surface area contributed by atoms with Crippen LogP contribution in [0.2, 0.25) is 0 Å². The van der Waals surface area contributed by atoms with Gasteiger partial charge in [0.1, 0.15) is 28.4 Å². The fraction of sp³-hybridized carbons (Fsp3) is 0.488. The second kappa shape index (κ2) is 13.6. The maximum atomic E-state index is 17.8. The van der Waals surface area contributed by atoms with Crippen molar-refractivity contribution in [3.8, 4) is 35.2 Å². The summed E-state index contributed by atoms with van der Waals surface area (Å²) >= 11 is 0. The molecule has 3 aromatic carbocycles. The number of piperazine rings is 1. The number of fused-ring (bicyclic) bond motifs is 6. The molecule has 2 atom stereocenters. The monoisotopic (exact) mass is 791 g/mol. The zero-order valence-corrected chi connectivity index (χ0v) is 31.5. The Hall–Kier alpha value is -4.82. The molecule has 1 aliphatic carbocycles. The lowest BCUT2D eigenvalue weighted by atomic mass is 9.91. The molecule has 300 valence electrons. The topological polar surface area (TPSA) is 112 Å². The number of ether oxygens (including phenoxy) is 2. The third-order valence-electron chi connectivity index (χ3n) is 12.2. The molecule has 0 spiro atoms. The first-order valence-electron chi connectivity index (χ1n) is 19.1. The average molecular weight is 792 g/mol. The van der Waals surface area contributed by atoms with E-state index in [9.17, 15) is 23.4 Å². The van der Waals surface area contributed by atoms with Crippen molar-refractivity contribution >= 4 is 38.4 Å². The predicted molar refractivity (Wildman–Crippen MR) is 203 cm³/mol. The van der Waals surface area contributed by atoms with Gasteiger partial charge in [0.15, 0.2) is 11.4 Å². The van der Waals surface area contributed by atoms with Gasteiger partial charge >= 0.3 is 12.2 Å². The molecule has 3 saturated heterocycles. The summed E-state index contributed by atoms with van der Waals surface area (Å²) in [6, 6.07) is 5.46. The minimum absolute atomic E-state index is 0.0313. The second-order valence-electron chi connectivity index (χ2n) is 16.3. The molecule has 2 bridgehead atoms. The van der Waals surface area contributed by atoms with Crippen LogP contribution in [-0.2, 0) is 11.8 Å². The summed E-state index contributed by atoms with van der Waals surface area (Å²) in [6.45, 7) is 2.38. The van der Waals surface area contributed by atoms with Gasteiger partial charge in [-0.25, -0.2) is 8.78 Å². The summed E-state index contributed by atoms with van der Waals surface area (Å²) in [7, 11) is 3.40. The summed E-state index contributed by atoms with van der Waals surface area (Å²) < 4.78 is 86.2. The predicted octanol–water partition coefficient (Wildman–Crippen LogP) is 5.76. The number of anilines is 1. The number of aromatic hydroxyl groups is 1. The van der Waals surface area contributed by atoms with Crippen LogP contribution in [0.3, 0.4) is 0 Å². The normalized spacial score (nSPS) is 21.7. The zero-order valence-electron chi connectivity index (χ0n) is 31.5. The van der Waals surface area contributed by atoms with Crippen molar-refractivity contribution in [1.82, 2.24) is 29.5 Å². The van der Waals surface area contributed by atoms with Gasteiger partial charge in [0.2, 0.25) is 0 Å². The number of phenols is 1. The molecule has 5 heterocycles. The fourth-order valence-electron chi connectivity index (χ4n) is 9.33. The smallest absolute Gasteiger partial charge is 0.419 e. The van der Waals surface area contributed by atoms with E-state index in [2.05, 4.69) is 15.7 Å². The molecule has 57 heavy (non-hydrogen) atoms. The van der Waals surface area contributed by atoms with Crippen molar-refractivity contribution in [2.45, 2.75) is 56.0 Å². The number of likely N-dealkylation sites (tertiary alicyclic amines) is 2. The zero-order chi connectivity index (χ0) is 40.0.